The molecular formula is C26H38ClN3O4. The van der Waals surface area contributed by atoms with Crippen LogP contribution < -0.4 is 10.1 Å². The van der Waals surface area contributed by atoms with Gasteiger partial charge < -0.3 is 19.7 Å². The molecule has 1 saturated carbocycles. The molecule has 188 valence electrons. The molecule has 2 heterocycles. The van der Waals surface area contributed by atoms with Gasteiger partial charge in [-0.3, -0.25) is 14.5 Å². The van der Waals surface area contributed by atoms with Crippen molar-refractivity contribution < 1.29 is 19.1 Å². The highest BCUT2D eigenvalue weighted by atomic mass is 35.5. The summed E-state index contributed by atoms with van der Waals surface area (Å²) in [7, 11) is 0. The lowest BCUT2D eigenvalue weighted by atomic mass is 9.95. The molecule has 1 aromatic carbocycles. The molecule has 0 radical (unpaired) electrons. The predicted octanol–water partition coefficient (Wildman–Crippen LogP) is 3.33. The molecule has 4 rings (SSSR count). The average Bonchev–Trinajstić information content (AvgIpc) is 3.60. The first-order valence-corrected chi connectivity index (χ1v) is 12.9. The number of piperidine rings is 1. The zero-order chi connectivity index (χ0) is 24.3. The average molecular weight is 492 g/mol. The number of hydrogen-bond donors (Lipinski definition) is 1. The van der Waals surface area contributed by atoms with Crippen LogP contribution in [0.15, 0.2) is 12.1 Å². The molecule has 0 bridgehead atoms. The fourth-order valence-corrected chi connectivity index (χ4v) is 5.25. The number of carbonyl (C=O) groups is 2. The Kier molecular flexibility index (Phi) is 8.05. The van der Waals surface area contributed by atoms with Gasteiger partial charge in [-0.05, 0) is 68.7 Å². The number of nitrogens with zero attached hydrogens (tertiary/aromatic N) is 2. The number of nitrogens with one attached hydrogen (secondary N) is 1. The largest absolute Gasteiger partial charge is 0.490 e. The molecule has 0 spiro atoms. The van der Waals surface area contributed by atoms with Crippen LogP contribution in [0.3, 0.4) is 0 Å². The van der Waals surface area contributed by atoms with E-state index >= 15 is 0 Å². The van der Waals surface area contributed by atoms with Crippen molar-refractivity contribution in [1.82, 2.24) is 15.1 Å². The van der Waals surface area contributed by atoms with E-state index in [4.69, 9.17) is 21.1 Å². The van der Waals surface area contributed by atoms with E-state index in [9.17, 15) is 9.59 Å². The van der Waals surface area contributed by atoms with Gasteiger partial charge in [0.15, 0.2) is 0 Å². The lowest BCUT2D eigenvalue weighted by Crippen LogP contribution is -2.58. The van der Waals surface area contributed by atoms with Gasteiger partial charge in [-0.15, -0.1) is 0 Å². The Balaban J connectivity index is 1.43. The Morgan fingerprint density at radius 2 is 1.82 bits per heavy atom. The number of ether oxygens (including phenoxy) is 2. The summed E-state index contributed by atoms with van der Waals surface area (Å²) in [5.41, 5.74) is 1.27. The Labute approximate surface area is 208 Å². The number of morpholine rings is 1. The van der Waals surface area contributed by atoms with Gasteiger partial charge in [0.25, 0.3) is 0 Å². The van der Waals surface area contributed by atoms with Crippen molar-refractivity contribution in [3.8, 4) is 5.75 Å². The van der Waals surface area contributed by atoms with E-state index in [1.165, 1.54) is 12.8 Å². The first kappa shape index (κ1) is 25.3. The molecule has 3 fully saturated rings. The molecule has 2 saturated heterocycles. The summed E-state index contributed by atoms with van der Waals surface area (Å²) < 4.78 is 12.6. The van der Waals surface area contributed by atoms with Crippen LogP contribution in [0.5, 0.6) is 5.75 Å². The van der Waals surface area contributed by atoms with Gasteiger partial charge in [0.1, 0.15) is 18.0 Å². The minimum Gasteiger partial charge on any atom is -0.490 e. The summed E-state index contributed by atoms with van der Waals surface area (Å²) in [6.07, 6.45) is 4.46. The second-order valence-corrected chi connectivity index (χ2v) is 10.8. The minimum absolute atomic E-state index is 0.0140. The second kappa shape index (κ2) is 10.8. The Hall–Kier alpha value is -1.83. The fraction of sp³-hybridized carbons (Fsp3) is 0.692. The minimum atomic E-state index is -0.680. The molecule has 0 unspecified atom stereocenters. The number of benzene rings is 1. The molecule has 1 N–H and O–H groups in total. The van der Waals surface area contributed by atoms with E-state index < -0.39 is 5.60 Å². The Morgan fingerprint density at radius 1 is 1.15 bits per heavy atom. The molecule has 2 aliphatic heterocycles. The highest BCUT2D eigenvalue weighted by Crippen LogP contribution is 2.33. The van der Waals surface area contributed by atoms with Gasteiger partial charge in [0.05, 0.1) is 13.0 Å². The third kappa shape index (κ3) is 6.64. The van der Waals surface area contributed by atoms with E-state index in [2.05, 4.69) is 10.2 Å². The number of aryl methyl sites for hydroxylation is 2. The highest BCUT2D eigenvalue weighted by Gasteiger charge is 2.42. The van der Waals surface area contributed by atoms with E-state index in [0.29, 0.717) is 39.3 Å². The standard InChI is InChI=1S/C26H38ClN3O4/c1-18-12-23(13-19(2)25(18)27)33-17-26(16-29(10-11-34-26)15-21-4-5-21)14-24(32)30-8-6-22(7-9-30)28-20(3)31/h12-13,21-22H,4-11,14-17H2,1-3H3,(H,28,31)/t26-/m0/s1. The van der Waals surface area contributed by atoms with Crippen LogP contribution in [0.2, 0.25) is 5.02 Å². The number of carbonyl (C=O) groups excluding carboxylic acids is 2. The third-order valence-corrected chi connectivity index (χ3v) is 7.78. The van der Waals surface area contributed by atoms with Crippen molar-refractivity contribution in [2.45, 2.75) is 64.5 Å². The van der Waals surface area contributed by atoms with Crippen LogP contribution in [0.1, 0.15) is 50.2 Å². The lowest BCUT2D eigenvalue weighted by molar-refractivity contribution is -0.157. The molecule has 1 atom stereocenters. The number of halogens is 1. The summed E-state index contributed by atoms with van der Waals surface area (Å²) in [5.74, 6) is 1.62. The fourth-order valence-electron chi connectivity index (χ4n) is 5.14. The third-order valence-electron chi connectivity index (χ3n) is 7.18. The molecule has 2 amide bonds. The zero-order valence-corrected chi connectivity index (χ0v) is 21.5. The van der Waals surface area contributed by atoms with Crippen LogP contribution in [0, 0.1) is 19.8 Å². The predicted molar refractivity (Wildman–Crippen MR) is 132 cm³/mol. The van der Waals surface area contributed by atoms with Crippen LogP contribution in [0.4, 0.5) is 0 Å². The molecule has 34 heavy (non-hydrogen) atoms. The first-order chi connectivity index (χ1) is 16.2. The molecule has 0 aromatic heterocycles. The zero-order valence-electron chi connectivity index (χ0n) is 20.7. The van der Waals surface area contributed by atoms with Crippen molar-refractivity contribution in [2.24, 2.45) is 5.92 Å². The molecule has 1 aromatic rings. The SMILES string of the molecule is CC(=O)NC1CCN(C(=O)C[C@@]2(COc3cc(C)c(Cl)c(C)c3)CN(CC3CC3)CCO2)CC1. The molecule has 1 aliphatic carbocycles. The second-order valence-electron chi connectivity index (χ2n) is 10.4. The number of rotatable bonds is 8. The topological polar surface area (TPSA) is 71.1 Å². The monoisotopic (exact) mass is 491 g/mol. The molecular weight excluding hydrogens is 454 g/mol. The van der Waals surface area contributed by atoms with E-state index in [1.807, 2.05) is 30.9 Å². The van der Waals surface area contributed by atoms with Crippen molar-refractivity contribution >= 4 is 23.4 Å². The highest BCUT2D eigenvalue weighted by molar-refractivity contribution is 6.32. The van der Waals surface area contributed by atoms with Gasteiger partial charge in [-0.2, -0.15) is 0 Å². The number of amides is 2. The normalized spacial score (nSPS) is 24.2. The van der Waals surface area contributed by atoms with E-state index in [1.54, 1.807) is 6.92 Å². The van der Waals surface area contributed by atoms with Gasteiger partial charge in [0.2, 0.25) is 11.8 Å². The molecule has 7 nitrogen and oxygen atoms in total. The van der Waals surface area contributed by atoms with Gasteiger partial charge in [-0.25, -0.2) is 0 Å². The maximum Gasteiger partial charge on any atom is 0.225 e. The van der Waals surface area contributed by atoms with E-state index in [0.717, 1.165) is 53.7 Å². The summed E-state index contributed by atoms with van der Waals surface area (Å²) in [6.45, 7) is 10.4. The number of likely N-dealkylation sites (tertiary alicyclic amines) is 1. The van der Waals surface area contributed by atoms with Crippen molar-refractivity contribution in [3.63, 3.8) is 0 Å². The smallest absolute Gasteiger partial charge is 0.225 e. The Bertz CT molecular complexity index is 875. The van der Waals surface area contributed by atoms with Gasteiger partial charge >= 0.3 is 0 Å². The summed E-state index contributed by atoms with van der Waals surface area (Å²) in [6, 6.07) is 4.04. The molecule has 8 heteroatoms. The van der Waals surface area contributed by atoms with E-state index in [-0.39, 0.29) is 17.9 Å². The number of hydrogen-bond acceptors (Lipinski definition) is 5. The van der Waals surface area contributed by atoms with Crippen LogP contribution in [-0.2, 0) is 14.3 Å². The van der Waals surface area contributed by atoms with Crippen LogP contribution in [-0.4, -0.2) is 79.2 Å². The maximum atomic E-state index is 13.4. The molecule has 3 aliphatic rings. The maximum absolute atomic E-state index is 13.4. The summed E-state index contributed by atoms with van der Waals surface area (Å²) in [4.78, 5) is 29.1. The van der Waals surface area contributed by atoms with Gasteiger partial charge in [0, 0.05) is 50.7 Å². The summed E-state index contributed by atoms with van der Waals surface area (Å²) in [5, 5.41) is 3.73. The summed E-state index contributed by atoms with van der Waals surface area (Å²) >= 11 is 6.33. The van der Waals surface area contributed by atoms with Crippen molar-refractivity contribution in [3.05, 3.63) is 28.3 Å². The van der Waals surface area contributed by atoms with Crippen LogP contribution in [0.25, 0.3) is 0 Å². The first-order valence-electron chi connectivity index (χ1n) is 12.5. The van der Waals surface area contributed by atoms with Crippen LogP contribution >= 0.6 is 11.6 Å². The lowest BCUT2D eigenvalue weighted by Gasteiger charge is -2.43. The van der Waals surface area contributed by atoms with Gasteiger partial charge in [-0.1, -0.05) is 11.6 Å². The van der Waals surface area contributed by atoms with Crippen molar-refractivity contribution in [2.75, 3.05) is 45.9 Å². The Morgan fingerprint density at radius 3 is 2.44 bits per heavy atom. The quantitative estimate of drug-likeness (QED) is 0.604. The van der Waals surface area contributed by atoms with Crippen molar-refractivity contribution in [1.29, 1.82) is 0 Å².